The van der Waals surface area contributed by atoms with E-state index in [9.17, 15) is 31.5 Å². The van der Waals surface area contributed by atoms with Crippen molar-refractivity contribution < 1.29 is 41.0 Å². The van der Waals surface area contributed by atoms with Crippen molar-refractivity contribution in [2.24, 2.45) is 0 Å². The van der Waals surface area contributed by atoms with Crippen molar-refractivity contribution in [1.29, 1.82) is 0 Å². The molecule has 2 aromatic carbocycles. The molecule has 0 radical (unpaired) electrons. The number of hydrogen-bond acceptors (Lipinski definition) is 6. The first-order valence-corrected chi connectivity index (χ1v) is 11.0. The Bertz CT molecular complexity index is 1050. The second-order valence-corrected chi connectivity index (χ2v) is 9.19. The van der Waals surface area contributed by atoms with E-state index in [1.807, 2.05) is 6.92 Å². The van der Waals surface area contributed by atoms with Gasteiger partial charge in [0.2, 0.25) is 15.8 Å². The fraction of sp³-hybridized carbons (Fsp3) is 0.350. The number of hydrogen-bond donors (Lipinski definition) is 2. The third-order valence-electron chi connectivity index (χ3n) is 4.78. The molecule has 174 valence electrons. The number of nitrogens with zero attached hydrogens (tertiary/aromatic N) is 1. The standard InChI is InChI=1S/C20H21F3N2O6S/c1-14-2-8-17(9-3-14)32(28,29)25-12-10-19(27,11-13-25)31-18(26)24-15-4-6-16(7-5-15)30-20(21,22)23/h2-9,27H,10-13H2,1H3,(H,24,26). The summed E-state index contributed by atoms with van der Waals surface area (Å²) in [5.41, 5.74) is 1.03. The minimum absolute atomic E-state index is 0.0660. The molecule has 8 nitrogen and oxygen atoms in total. The number of piperidine rings is 1. The van der Waals surface area contributed by atoms with Gasteiger partial charge in [-0.2, -0.15) is 4.31 Å². The first kappa shape index (κ1) is 23.8. The van der Waals surface area contributed by atoms with E-state index >= 15 is 0 Å². The van der Waals surface area contributed by atoms with Gasteiger partial charge in [0.1, 0.15) is 5.75 Å². The lowest BCUT2D eigenvalue weighted by Gasteiger charge is -2.36. The number of rotatable bonds is 5. The summed E-state index contributed by atoms with van der Waals surface area (Å²) in [5, 5.41) is 12.8. The van der Waals surface area contributed by atoms with E-state index < -0.39 is 34.0 Å². The molecule has 0 aromatic heterocycles. The Balaban J connectivity index is 1.55. The molecule has 0 atom stereocenters. The van der Waals surface area contributed by atoms with Crippen LogP contribution in [0.5, 0.6) is 5.75 Å². The molecule has 1 amide bonds. The number of nitrogens with one attached hydrogen (secondary N) is 1. The van der Waals surface area contributed by atoms with Crippen LogP contribution in [0.3, 0.4) is 0 Å². The smallest absolute Gasteiger partial charge is 0.417 e. The number of ether oxygens (including phenoxy) is 2. The minimum Gasteiger partial charge on any atom is -0.417 e. The maximum Gasteiger partial charge on any atom is 0.573 e. The summed E-state index contributed by atoms with van der Waals surface area (Å²) in [6.45, 7) is 1.71. The Hall–Kier alpha value is -2.83. The van der Waals surface area contributed by atoms with Gasteiger partial charge in [0.05, 0.1) is 4.90 Å². The van der Waals surface area contributed by atoms with Crippen LogP contribution in [0.15, 0.2) is 53.4 Å². The van der Waals surface area contributed by atoms with E-state index in [1.165, 1.54) is 28.6 Å². The summed E-state index contributed by atoms with van der Waals surface area (Å²) >= 11 is 0. The maximum atomic E-state index is 12.7. The monoisotopic (exact) mass is 474 g/mol. The van der Waals surface area contributed by atoms with Gasteiger partial charge in [-0.3, -0.25) is 5.32 Å². The highest BCUT2D eigenvalue weighted by Gasteiger charge is 2.40. The lowest BCUT2D eigenvalue weighted by Crippen LogP contribution is -2.49. The Labute approximate surface area is 182 Å². The Morgan fingerprint density at radius 1 is 1.06 bits per heavy atom. The fourth-order valence-corrected chi connectivity index (χ4v) is 4.53. The number of aliphatic hydroxyl groups is 1. The van der Waals surface area contributed by atoms with E-state index in [-0.39, 0.29) is 36.5 Å². The van der Waals surface area contributed by atoms with Gasteiger partial charge in [-0.15, -0.1) is 13.2 Å². The maximum absolute atomic E-state index is 12.7. The number of sulfonamides is 1. The minimum atomic E-state index is -4.83. The largest absolute Gasteiger partial charge is 0.573 e. The normalized spacial score (nSPS) is 16.9. The van der Waals surface area contributed by atoms with Gasteiger partial charge in [0, 0.05) is 31.6 Å². The van der Waals surface area contributed by atoms with E-state index in [0.717, 1.165) is 17.7 Å². The van der Waals surface area contributed by atoms with Crippen molar-refractivity contribution >= 4 is 21.8 Å². The highest BCUT2D eigenvalue weighted by atomic mass is 32.2. The first-order chi connectivity index (χ1) is 14.9. The highest BCUT2D eigenvalue weighted by Crippen LogP contribution is 2.29. The molecule has 0 unspecified atom stereocenters. The van der Waals surface area contributed by atoms with Crippen LogP contribution in [-0.4, -0.2) is 49.2 Å². The SMILES string of the molecule is Cc1ccc(S(=O)(=O)N2CCC(O)(OC(=O)Nc3ccc(OC(F)(F)F)cc3)CC2)cc1. The molecule has 1 aliphatic rings. The number of halogens is 3. The van der Waals surface area contributed by atoms with Gasteiger partial charge >= 0.3 is 12.5 Å². The van der Waals surface area contributed by atoms with E-state index in [4.69, 9.17) is 4.74 Å². The van der Waals surface area contributed by atoms with Crippen LogP contribution in [-0.2, 0) is 14.8 Å². The molecule has 0 spiro atoms. The molecule has 1 fully saturated rings. The highest BCUT2D eigenvalue weighted by molar-refractivity contribution is 7.89. The van der Waals surface area contributed by atoms with Gasteiger partial charge in [0.15, 0.2) is 0 Å². The number of benzene rings is 2. The Morgan fingerprint density at radius 3 is 2.16 bits per heavy atom. The third-order valence-corrected chi connectivity index (χ3v) is 6.69. The molecule has 1 aliphatic heterocycles. The van der Waals surface area contributed by atoms with Gasteiger partial charge in [-0.25, -0.2) is 13.2 Å². The summed E-state index contributed by atoms with van der Waals surface area (Å²) in [4.78, 5) is 12.2. The quantitative estimate of drug-likeness (QED) is 0.642. The average Bonchev–Trinajstić information content (AvgIpc) is 2.68. The number of carbonyl (C=O) groups excluding carboxylic acids is 1. The first-order valence-electron chi connectivity index (χ1n) is 9.51. The van der Waals surface area contributed by atoms with Crippen LogP contribution in [0.2, 0.25) is 0 Å². The summed E-state index contributed by atoms with van der Waals surface area (Å²) < 4.78 is 72.0. The van der Waals surface area contributed by atoms with Crippen molar-refractivity contribution in [3.8, 4) is 5.75 Å². The van der Waals surface area contributed by atoms with Crippen LogP contribution in [0.1, 0.15) is 18.4 Å². The van der Waals surface area contributed by atoms with Crippen LogP contribution in [0.25, 0.3) is 0 Å². The van der Waals surface area contributed by atoms with Gasteiger partial charge in [0.25, 0.3) is 0 Å². The van der Waals surface area contributed by atoms with Crippen molar-refractivity contribution in [1.82, 2.24) is 4.31 Å². The molecule has 1 heterocycles. The van der Waals surface area contributed by atoms with Crippen molar-refractivity contribution in [2.75, 3.05) is 18.4 Å². The van der Waals surface area contributed by atoms with E-state index in [1.54, 1.807) is 12.1 Å². The second kappa shape index (κ2) is 8.96. The van der Waals surface area contributed by atoms with E-state index in [2.05, 4.69) is 10.1 Å². The lowest BCUT2D eigenvalue weighted by atomic mass is 10.1. The van der Waals surface area contributed by atoms with Crippen LogP contribution < -0.4 is 10.1 Å². The molecular formula is C20H21F3N2O6S. The van der Waals surface area contributed by atoms with Gasteiger partial charge in [-0.05, 0) is 43.3 Å². The zero-order valence-corrected chi connectivity index (χ0v) is 17.7. The fourth-order valence-electron chi connectivity index (χ4n) is 3.09. The van der Waals surface area contributed by atoms with E-state index in [0.29, 0.717) is 0 Å². The van der Waals surface area contributed by atoms with Gasteiger partial charge < -0.3 is 14.6 Å². The molecule has 0 aliphatic carbocycles. The third kappa shape index (κ3) is 6.11. The summed E-state index contributed by atoms with van der Waals surface area (Å²) in [5.74, 6) is -2.35. The van der Waals surface area contributed by atoms with Crippen LogP contribution >= 0.6 is 0 Å². The molecule has 0 bridgehead atoms. The van der Waals surface area contributed by atoms with Crippen LogP contribution in [0, 0.1) is 6.92 Å². The average molecular weight is 474 g/mol. The van der Waals surface area contributed by atoms with Crippen molar-refractivity contribution in [3.05, 3.63) is 54.1 Å². The Morgan fingerprint density at radius 2 is 1.62 bits per heavy atom. The topological polar surface area (TPSA) is 105 Å². The predicted molar refractivity (Wildman–Crippen MR) is 107 cm³/mol. The summed E-state index contributed by atoms with van der Waals surface area (Å²) in [6.07, 6.45) is -6.17. The second-order valence-electron chi connectivity index (χ2n) is 7.25. The number of aryl methyl sites for hydroxylation is 1. The molecule has 32 heavy (non-hydrogen) atoms. The number of amides is 1. The lowest BCUT2D eigenvalue weighted by molar-refractivity contribution is -0.274. The Kier molecular flexibility index (Phi) is 6.67. The molecule has 3 rings (SSSR count). The molecule has 2 aromatic rings. The molecule has 0 saturated carbocycles. The zero-order valence-electron chi connectivity index (χ0n) is 16.9. The van der Waals surface area contributed by atoms with Crippen molar-refractivity contribution in [2.45, 2.75) is 36.8 Å². The number of carbonyl (C=O) groups is 1. The summed E-state index contributed by atoms with van der Waals surface area (Å²) in [6, 6.07) is 10.7. The van der Waals surface area contributed by atoms with Gasteiger partial charge in [-0.1, -0.05) is 17.7 Å². The van der Waals surface area contributed by atoms with Crippen LogP contribution in [0.4, 0.5) is 23.7 Å². The number of alkyl halides is 3. The molecule has 2 N–H and O–H groups in total. The number of anilines is 1. The predicted octanol–water partition coefficient (Wildman–Crippen LogP) is 3.62. The summed E-state index contributed by atoms with van der Waals surface area (Å²) in [7, 11) is -3.75. The molecule has 1 saturated heterocycles. The van der Waals surface area contributed by atoms with Crippen molar-refractivity contribution in [3.63, 3.8) is 0 Å². The molecule has 12 heteroatoms. The zero-order chi connectivity index (χ0) is 23.6. The molecular weight excluding hydrogens is 453 g/mol.